The molecule has 0 aliphatic carbocycles. The number of anilines is 1. The van der Waals surface area contributed by atoms with Gasteiger partial charge in [0.2, 0.25) is 0 Å². The van der Waals surface area contributed by atoms with Gasteiger partial charge in [-0.1, -0.05) is 42.5 Å². The fourth-order valence-electron chi connectivity index (χ4n) is 2.23. The van der Waals surface area contributed by atoms with Crippen molar-refractivity contribution in [3.63, 3.8) is 0 Å². The maximum atomic E-state index is 12.5. The summed E-state index contributed by atoms with van der Waals surface area (Å²) < 4.78 is 15.3. The summed E-state index contributed by atoms with van der Waals surface area (Å²) in [5.41, 5.74) is 6.10. The number of para-hydroxylation sites is 1. The van der Waals surface area contributed by atoms with E-state index in [1.54, 1.807) is 30.3 Å². The monoisotopic (exact) mass is 310 g/mol. The van der Waals surface area contributed by atoms with Gasteiger partial charge in [0.05, 0.1) is 16.1 Å². The number of primary amides is 1. The van der Waals surface area contributed by atoms with Crippen molar-refractivity contribution in [3.05, 3.63) is 72.3 Å². The van der Waals surface area contributed by atoms with E-state index in [0.717, 1.165) is 10.8 Å². The van der Waals surface area contributed by atoms with Crippen LogP contribution in [-0.4, -0.2) is 10.1 Å². The molecule has 110 valence electrons. The van der Waals surface area contributed by atoms with Gasteiger partial charge in [0.15, 0.2) is 0 Å². The van der Waals surface area contributed by atoms with Crippen LogP contribution in [-0.2, 0) is 11.0 Å². The number of carbonyl (C=O) groups is 1. The molecular formula is C17H14N2O2S. The van der Waals surface area contributed by atoms with Crippen LogP contribution in [0.5, 0.6) is 0 Å². The zero-order chi connectivity index (χ0) is 15.5. The number of nitrogens with two attached hydrogens (primary N) is 1. The molecule has 0 bridgehead atoms. The Kier molecular flexibility index (Phi) is 3.89. The first kappa shape index (κ1) is 14.3. The average Bonchev–Trinajstić information content (AvgIpc) is 2.54. The highest BCUT2D eigenvalue weighted by molar-refractivity contribution is 7.86. The first-order valence-corrected chi connectivity index (χ1v) is 7.86. The van der Waals surface area contributed by atoms with Gasteiger partial charge in [0.25, 0.3) is 5.91 Å². The van der Waals surface area contributed by atoms with Crippen LogP contribution in [0.4, 0.5) is 5.69 Å². The van der Waals surface area contributed by atoms with Crippen LogP contribution in [0.25, 0.3) is 10.8 Å². The van der Waals surface area contributed by atoms with E-state index in [9.17, 15) is 9.00 Å². The van der Waals surface area contributed by atoms with Gasteiger partial charge in [-0.15, -0.1) is 0 Å². The Hall–Kier alpha value is -2.66. The van der Waals surface area contributed by atoms with Crippen LogP contribution in [0.3, 0.4) is 0 Å². The third-order valence-electron chi connectivity index (χ3n) is 3.33. The second-order valence-electron chi connectivity index (χ2n) is 4.79. The SMILES string of the molecule is NC(=O)c1ccccc1NS(=O)c1ccc2ccccc2c1. The molecule has 3 rings (SSSR count). The zero-order valence-electron chi connectivity index (χ0n) is 11.7. The predicted octanol–water partition coefficient (Wildman–Crippen LogP) is 3.07. The molecule has 0 heterocycles. The second kappa shape index (κ2) is 5.99. The second-order valence-corrected chi connectivity index (χ2v) is 6.00. The van der Waals surface area contributed by atoms with Crippen LogP contribution in [0.15, 0.2) is 71.6 Å². The molecule has 0 saturated carbocycles. The van der Waals surface area contributed by atoms with Gasteiger partial charge in [-0.25, -0.2) is 4.21 Å². The summed E-state index contributed by atoms with van der Waals surface area (Å²) in [7, 11) is -1.48. The Balaban J connectivity index is 1.92. The van der Waals surface area contributed by atoms with Gasteiger partial charge >= 0.3 is 0 Å². The van der Waals surface area contributed by atoms with Crippen LogP contribution >= 0.6 is 0 Å². The molecule has 4 nitrogen and oxygen atoms in total. The molecule has 3 aromatic carbocycles. The van der Waals surface area contributed by atoms with E-state index >= 15 is 0 Å². The number of carbonyl (C=O) groups excluding carboxylic acids is 1. The standard InChI is InChI=1S/C17H14N2O2S/c18-17(20)15-7-3-4-8-16(15)19-22(21)14-10-9-12-5-1-2-6-13(12)11-14/h1-11,19H,(H2,18,20). The molecule has 0 spiro atoms. The minimum absolute atomic E-state index is 0.316. The molecule has 1 atom stereocenters. The molecule has 3 aromatic rings. The first-order chi connectivity index (χ1) is 10.6. The summed E-state index contributed by atoms with van der Waals surface area (Å²) in [6.07, 6.45) is 0. The zero-order valence-corrected chi connectivity index (χ0v) is 12.5. The summed E-state index contributed by atoms with van der Waals surface area (Å²) in [6.45, 7) is 0. The van der Waals surface area contributed by atoms with Crippen LogP contribution in [0, 0.1) is 0 Å². The molecular weight excluding hydrogens is 296 g/mol. The lowest BCUT2D eigenvalue weighted by atomic mass is 10.1. The van der Waals surface area contributed by atoms with E-state index in [4.69, 9.17) is 5.73 Å². The number of hydrogen-bond acceptors (Lipinski definition) is 2. The Morgan fingerprint density at radius 2 is 1.59 bits per heavy atom. The molecule has 22 heavy (non-hydrogen) atoms. The van der Waals surface area contributed by atoms with E-state index in [0.29, 0.717) is 16.1 Å². The number of nitrogens with one attached hydrogen (secondary N) is 1. The molecule has 0 saturated heterocycles. The minimum atomic E-state index is -1.48. The van der Waals surface area contributed by atoms with Crippen molar-refractivity contribution < 1.29 is 9.00 Å². The van der Waals surface area contributed by atoms with Gasteiger partial charge in [0, 0.05) is 0 Å². The Bertz CT molecular complexity index is 877. The summed E-state index contributed by atoms with van der Waals surface area (Å²) in [5, 5.41) is 2.10. The highest BCUT2D eigenvalue weighted by Crippen LogP contribution is 2.21. The fraction of sp³-hybridized carbons (Fsp3) is 0. The Labute approximate surface area is 130 Å². The lowest BCUT2D eigenvalue weighted by Crippen LogP contribution is -2.15. The highest BCUT2D eigenvalue weighted by Gasteiger charge is 2.11. The van der Waals surface area contributed by atoms with Crippen LogP contribution < -0.4 is 10.5 Å². The molecule has 1 amide bonds. The van der Waals surface area contributed by atoms with E-state index in [1.165, 1.54) is 0 Å². The van der Waals surface area contributed by atoms with Crippen molar-refractivity contribution in [2.24, 2.45) is 5.73 Å². The number of benzene rings is 3. The number of fused-ring (bicyclic) bond motifs is 1. The summed E-state index contributed by atoms with van der Waals surface area (Å²) in [5.74, 6) is -0.557. The average molecular weight is 310 g/mol. The number of hydrogen-bond donors (Lipinski definition) is 2. The van der Waals surface area contributed by atoms with Crippen molar-refractivity contribution in [1.82, 2.24) is 0 Å². The van der Waals surface area contributed by atoms with E-state index in [2.05, 4.69) is 4.72 Å². The molecule has 5 heteroatoms. The summed E-state index contributed by atoms with van der Waals surface area (Å²) in [4.78, 5) is 12.0. The largest absolute Gasteiger partial charge is 0.366 e. The quantitative estimate of drug-likeness (QED) is 0.777. The van der Waals surface area contributed by atoms with E-state index in [1.807, 2.05) is 36.4 Å². The normalized spacial score (nSPS) is 12.0. The Morgan fingerprint density at radius 1 is 0.909 bits per heavy atom. The van der Waals surface area contributed by atoms with E-state index in [-0.39, 0.29) is 0 Å². The van der Waals surface area contributed by atoms with Crippen molar-refractivity contribution in [3.8, 4) is 0 Å². The van der Waals surface area contributed by atoms with Crippen LogP contribution in [0.2, 0.25) is 0 Å². The molecule has 0 aromatic heterocycles. The first-order valence-electron chi connectivity index (χ1n) is 6.71. The topological polar surface area (TPSA) is 72.2 Å². The maximum absolute atomic E-state index is 12.5. The summed E-state index contributed by atoms with van der Waals surface area (Å²) >= 11 is 0. The lowest BCUT2D eigenvalue weighted by Gasteiger charge is -2.10. The van der Waals surface area contributed by atoms with Gasteiger partial charge < -0.3 is 10.5 Å². The minimum Gasteiger partial charge on any atom is -0.366 e. The van der Waals surface area contributed by atoms with Gasteiger partial charge in [-0.2, -0.15) is 0 Å². The van der Waals surface area contributed by atoms with Gasteiger partial charge in [-0.05, 0) is 35.0 Å². The number of amides is 1. The summed E-state index contributed by atoms with van der Waals surface area (Å²) in [6, 6.07) is 20.2. The maximum Gasteiger partial charge on any atom is 0.250 e. The Morgan fingerprint density at radius 3 is 2.36 bits per heavy atom. The molecule has 0 aliphatic rings. The third-order valence-corrected chi connectivity index (χ3v) is 4.42. The van der Waals surface area contributed by atoms with Crippen molar-refractivity contribution in [2.75, 3.05) is 4.72 Å². The van der Waals surface area contributed by atoms with Crippen molar-refractivity contribution in [1.29, 1.82) is 0 Å². The predicted molar refractivity (Wildman–Crippen MR) is 88.9 cm³/mol. The fourth-order valence-corrected chi connectivity index (χ4v) is 3.15. The van der Waals surface area contributed by atoms with Crippen molar-refractivity contribution in [2.45, 2.75) is 4.90 Å². The van der Waals surface area contributed by atoms with Gasteiger partial charge in [0.1, 0.15) is 11.0 Å². The smallest absolute Gasteiger partial charge is 0.250 e. The molecule has 0 aliphatic heterocycles. The highest BCUT2D eigenvalue weighted by atomic mass is 32.2. The van der Waals surface area contributed by atoms with E-state index < -0.39 is 16.9 Å². The molecule has 0 fully saturated rings. The molecule has 3 N–H and O–H groups in total. The lowest BCUT2D eigenvalue weighted by molar-refractivity contribution is 0.100. The molecule has 1 unspecified atom stereocenters. The molecule has 0 radical (unpaired) electrons. The third kappa shape index (κ3) is 2.84. The number of rotatable bonds is 4. The van der Waals surface area contributed by atoms with Gasteiger partial charge in [-0.3, -0.25) is 4.79 Å². The van der Waals surface area contributed by atoms with Crippen molar-refractivity contribution >= 4 is 33.4 Å². The van der Waals surface area contributed by atoms with Crippen LogP contribution in [0.1, 0.15) is 10.4 Å².